The molecule has 4 atom stereocenters. The fourth-order valence-electron chi connectivity index (χ4n) is 1.44. The molecular weight excluding hydrogens is 255 g/mol. The number of carboxylic acids is 2. The van der Waals surface area contributed by atoms with Gasteiger partial charge in [-0.1, -0.05) is 0 Å². The molecule has 2 aliphatic carbocycles. The van der Waals surface area contributed by atoms with Crippen LogP contribution in [0.25, 0.3) is 0 Å². The topological polar surface area (TPSA) is 74.6 Å². The van der Waals surface area contributed by atoms with Gasteiger partial charge in [-0.25, -0.2) is 0 Å². The highest BCUT2D eigenvalue weighted by molar-refractivity contribution is 6.18. The predicted molar refractivity (Wildman–Crippen MR) is 59.9 cm³/mol. The van der Waals surface area contributed by atoms with Crippen LogP contribution in [0.2, 0.25) is 0 Å². The Balaban J connectivity index is 0.000000160. The van der Waals surface area contributed by atoms with Gasteiger partial charge in [-0.2, -0.15) is 0 Å². The third-order valence-electron chi connectivity index (χ3n) is 2.88. The van der Waals surface area contributed by atoms with E-state index >= 15 is 0 Å². The Morgan fingerprint density at radius 2 is 1.25 bits per heavy atom. The molecule has 2 rings (SSSR count). The molecule has 92 valence electrons. The Kier molecular flexibility index (Phi) is 4.87. The largest absolute Gasteiger partial charge is 0.481 e. The second-order valence-electron chi connectivity index (χ2n) is 4.19. The van der Waals surface area contributed by atoms with Gasteiger partial charge in [0.1, 0.15) is 0 Å². The van der Waals surface area contributed by atoms with Crippen molar-refractivity contribution in [1.82, 2.24) is 0 Å². The summed E-state index contributed by atoms with van der Waals surface area (Å²) >= 11 is 10.7. The molecule has 0 radical (unpaired) electrons. The number of hydrogen-bond acceptors (Lipinski definition) is 2. The van der Waals surface area contributed by atoms with E-state index < -0.39 is 11.9 Å². The van der Waals surface area contributed by atoms with Gasteiger partial charge >= 0.3 is 11.9 Å². The first kappa shape index (κ1) is 13.6. The zero-order valence-corrected chi connectivity index (χ0v) is 10.1. The number of rotatable bonds is 4. The van der Waals surface area contributed by atoms with E-state index in [0.717, 1.165) is 12.8 Å². The van der Waals surface area contributed by atoms with Gasteiger partial charge in [-0.05, 0) is 24.7 Å². The van der Waals surface area contributed by atoms with E-state index in [-0.39, 0.29) is 23.7 Å². The predicted octanol–water partition coefficient (Wildman–Crippen LogP) is 1.89. The molecular formula is C10H14Cl2O4. The average Bonchev–Trinajstić information content (AvgIpc) is 3.11. The first-order valence-corrected chi connectivity index (χ1v) is 6.15. The molecule has 0 unspecified atom stereocenters. The lowest BCUT2D eigenvalue weighted by molar-refractivity contribution is -0.139. The fraction of sp³-hybridized carbons (Fsp3) is 0.800. The lowest BCUT2D eigenvalue weighted by Gasteiger charge is -1.83. The molecule has 0 bridgehead atoms. The summed E-state index contributed by atoms with van der Waals surface area (Å²) in [7, 11) is 0. The van der Waals surface area contributed by atoms with Gasteiger partial charge in [0.05, 0.1) is 11.8 Å². The van der Waals surface area contributed by atoms with Crippen molar-refractivity contribution in [2.75, 3.05) is 11.8 Å². The van der Waals surface area contributed by atoms with Gasteiger partial charge in [0, 0.05) is 11.8 Å². The lowest BCUT2D eigenvalue weighted by Crippen LogP contribution is -1.99. The van der Waals surface area contributed by atoms with Crippen molar-refractivity contribution < 1.29 is 19.8 Å². The van der Waals surface area contributed by atoms with E-state index in [0.29, 0.717) is 11.8 Å². The van der Waals surface area contributed by atoms with Crippen molar-refractivity contribution in [2.24, 2.45) is 23.7 Å². The van der Waals surface area contributed by atoms with Crippen LogP contribution in [0.5, 0.6) is 0 Å². The van der Waals surface area contributed by atoms with Gasteiger partial charge < -0.3 is 10.2 Å². The van der Waals surface area contributed by atoms with Crippen molar-refractivity contribution in [1.29, 1.82) is 0 Å². The Hall–Kier alpha value is -0.480. The third-order valence-corrected chi connectivity index (χ3v) is 3.67. The number of aliphatic carboxylic acids is 2. The zero-order chi connectivity index (χ0) is 12.3. The molecule has 2 fully saturated rings. The van der Waals surface area contributed by atoms with E-state index in [2.05, 4.69) is 0 Å². The van der Waals surface area contributed by atoms with Gasteiger partial charge in [-0.3, -0.25) is 9.59 Å². The Morgan fingerprint density at radius 1 is 0.938 bits per heavy atom. The molecule has 0 spiro atoms. The molecule has 16 heavy (non-hydrogen) atoms. The number of carbonyl (C=O) groups is 2. The SMILES string of the molecule is O=C(O)[C@@H]1C[C@H]1CCl.O=C(O)[C@H]1C[C@@H]1CCl. The van der Waals surface area contributed by atoms with E-state index in [4.69, 9.17) is 33.4 Å². The first-order chi connectivity index (χ1) is 7.51. The summed E-state index contributed by atoms with van der Waals surface area (Å²) in [6, 6.07) is 0. The average molecular weight is 269 g/mol. The smallest absolute Gasteiger partial charge is 0.306 e. The monoisotopic (exact) mass is 268 g/mol. The van der Waals surface area contributed by atoms with E-state index in [1.165, 1.54) is 0 Å². The summed E-state index contributed by atoms with van der Waals surface area (Å²) in [5.74, 6) is -0.150. The molecule has 0 heterocycles. The van der Waals surface area contributed by atoms with Crippen LogP contribution in [-0.2, 0) is 9.59 Å². The Labute approximate surface area is 104 Å². The summed E-state index contributed by atoms with van der Waals surface area (Å²) in [6.07, 6.45) is 1.55. The summed E-state index contributed by atoms with van der Waals surface area (Å²) < 4.78 is 0. The minimum absolute atomic E-state index is 0.132. The molecule has 2 aliphatic rings. The van der Waals surface area contributed by atoms with Crippen LogP contribution in [0.1, 0.15) is 12.8 Å². The zero-order valence-electron chi connectivity index (χ0n) is 8.60. The molecule has 2 N–H and O–H groups in total. The number of hydrogen-bond donors (Lipinski definition) is 2. The molecule has 0 aromatic rings. The second-order valence-corrected chi connectivity index (χ2v) is 4.81. The summed E-state index contributed by atoms with van der Waals surface area (Å²) in [4.78, 5) is 20.1. The van der Waals surface area contributed by atoms with Gasteiger partial charge in [0.15, 0.2) is 0 Å². The normalized spacial score (nSPS) is 34.6. The van der Waals surface area contributed by atoms with Crippen LogP contribution in [-0.4, -0.2) is 33.9 Å². The maximum Gasteiger partial charge on any atom is 0.306 e. The standard InChI is InChI=1S/2C5H7ClO2/c2*6-2-3-1-4(3)5(7)8/h2*3-4H,1-2H2,(H,7,8)/t2*3-,4+/m10/s1. The third kappa shape index (κ3) is 3.83. The van der Waals surface area contributed by atoms with Crippen molar-refractivity contribution in [2.45, 2.75) is 12.8 Å². The molecule has 4 nitrogen and oxygen atoms in total. The molecule has 6 heteroatoms. The van der Waals surface area contributed by atoms with Crippen LogP contribution in [0.15, 0.2) is 0 Å². The van der Waals surface area contributed by atoms with E-state index in [1.54, 1.807) is 0 Å². The quantitative estimate of drug-likeness (QED) is 0.764. The van der Waals surface area contributed by atoms with Crippen LogP contribution in [0, 0.1) is 23.7 Å². The summed E-state index contributed by atoms with van der Waals surface area (Å²) in [6.45, 7) is 0. The summed E-state index contributed by atoms with van der Waals surface area (Å²) in [5.41, 5.74) is 0. The van der Waals surface area contributed by atoms with Crippen molar-refractivity contribution in [3.8, 4) is 0 Å². The van der Waals surface area contributed by atoms with E-state index in [1.807, 2.05) is 0 Å². The van der Waals surface area contributed by atoms with Crippen LogP contribution in [0.3, 0.4) is 0 Å². The number of alkyl halides is 2. The van der Waals surface area contributed by atoms with Crippen LogP contribution in [0.4, 0.5) is 0 Å². The van der Waals surface area contributed by atoms with Crippen molar-refractivity contribution in [3.05, 3.63) is 0 Å². The molecule has 0 saturated heterocycles. The van der Waals surface area contributed by atoms with Crippen LogP contribution >= 0.6 is 23.2 Å². The minimum Gasteiger partial charge on any atom is -0.481 e. The number of carboxylic acid groups (broad SMARTS) is 2. The maximum absolute atomic E-state index is 10.1. The highest BCUT2D eigenvalue weighted by atomic mass is 35.5. The van der Waals surface area contributed by atoms with E-state index in [9.17, 15) is 9.59 Å². The molecule has 0 aliphatic heterocycles. The summed E-state index contributed by atoms with van der Waals surface area (Å²) in [5, 5.41) is 16.6. The van der Waals surface area contributed by atoms with Crippen molar-refractivity contribution >= 4 is 35.1 Å². The van der Waals surface area contributed by atoms with Crippen molar-refractivity contribution in [3.63, 3.8) is 0 Å². The molecule has 0 aromatic carbocycles. The second kappa shape index (κ2) is 5.73. The van der Waals surface area contributed by atoms with Gasteiger partial charge in [0.2, 0.25) is 0 Å². The molecule has 0 aromatic heterocycles. The highest BCUT2D eigenvalue weighted by Crippen LogP contribution is 2.39. The maximum atomic E-state index is 10.1. The Morgan fingerprint density at radius 3 is 1.31 bits per heavy atom. The van der Waals surface area contributed by atoms with Crippen LogP contribution < -0.4 is 0 Å². The fourth-order valence-corrected chi connectivity index (χ4v) is 2.12. The first-order valence-electron chi connectivity index (χ1n) is 5.08. The van der Waals surface area contributed by atoms with Gasteiger partial charge in [-0.15, -0.1) is 23.2 Å². The molecule has 2 saturated carbocycles. The minimum atomic E-state index is -0.698. The molecule has 0 amide bonds. The Bertz CT molecular complexity index is 254. The lowest BCUT2D eigenvalue weighted by atomic mass is 10.3. The van der Waals surface area contributed by atoms with Gasteiger partial charge in [0.25, 0.3) is 0 Å². The number of halogens is 2. The highest BCUT2D eigenvalue weighted by Gasteiger charge is 2.42.